The first-order chi connectivity index (χ1) is 8.04. The van der Waals surface area contributed by atoms with Crippen LogP contribution in [0.15, 0.2) is 0 Å². The van der Waals surface area contributed by atoms with Crippen molar-refractivity contribution >= 4 is 0 Å². The predicted molar refractivity (Wildman–Crippen MR) is 72.1 cm³/mol. The minimum absolute atomic E-state index is 0.0594. The Labute approximate surface area is 106 Å². The molecule has 1 aliphatic heterocycles. The van der Waals surface area contributed by atoms with Gasteiger partial charge < -0.3 is 5.11 Å². The van der Waals surface area contributed by atoms with Crippen molar-refractivity contribution < 1.29 is 5.11 Å². The molecule has 1 heterocycles. The fourth-order valence-corrected chi connectivity index (χ4v) is 3.90. The van der Waals surface area contributed by atoms with Gasteiger partial charge in [0, 0.05) is 12.1 Å². The molecule has 2 rings (SSSR count). The maximum Gasteiger partial charge on any atom is 0.0555 e. The Morgan fingerprint density at radius 2 is 2.06 bits per heavy atom. The molecule has 0 amide bonds. The highest BCUT2D eigenvalue weighted by molar-refractivity contribution is 4.96. The van der Waals surface area contributed by atoms with Crippen molar-refractivity contribution in [3.8, 4) is 0 Å². The van der Waals surface area contributed by atoms with E-state index in [0.717, 1.165) is 18.9 Å². The van der Waals surface area contributed by atoms with Crippen molar-refractivity contribution in [3.05, 3.63) is 0 Å². The van der Waals surface area contributed by atoms with Crippen LogP contribution in [0, 0.1) is 5.41 Å². The fourth-order valence-electron chi connectivity index (χ4n) is 3.90. The molecular formula is C15H29NO. The monoisotopic (exact) mass is 239 g/mol. The van der Waals surface area contributed by atoms with E-state index in [1.807, 2.05) is 0 Å². The van der Waals surface area contributed by atoms with E-state index < -0.39 is 0 Å². The van der Waals surface area contributed by atoms with Crippen molar-refractivity contribution in [1.29, 1.82) is 0 Å². The molecule has 0 radical (unpaired) electrons. The number of hydrogen-bond donors (Lipinski definition) is 1. The van der Waals surface area contributed by atoms with E-state index >= 15 is 0 Å². The summed E-state index contributed by atoms with van der Waals surface area (Å²) in [5, 5.41) is 9.96. The Kier molecular flexibility index (Phi) is 4.14. The van der Waals surface area contributed by atoms with Crippen LogP contribution in [-0.4, -0.2) is 34.7 Å². The molecule has 17 heavy (non-hydrogen) atoms. The SMILES string of the molecule is CCCC1CCCN1C1CC(O)CCC1(C)C. The van der Waals surface area contributed by atoms with Gasteiger partial charge in [-0.05, 0) is 50.5 Å². The number of hydrogen-bond acceptors (Lipinski definition) is 2. The summed E-state index contributed by atoms with van der Waals surface area (Å²) >= 11 is 0. The summed E-state index contributed by atoms with van der Waals surface area (Å²) in [5.74, 6) is 0. The lowest BCUT2D eigenvalue weighted by Crippen LogP contribution is -2.51. The standard InChI is InChI=1S/C15H29NO/c1-4-6-12-7-5-10-16(12)14-11-13(17)8-9-15(14,2)3/h12-14,17H,4-11H2,1-3H3. The van der Waals surface area contributed by atoms with E-state index in [4.69, 9.17) is 0 Å². The van der Waals surface area contributed by atoms with Gasteiger partial charge in [-0.15, -0.1) is 0 Å². The lowest BCUT2D eigenvalue weighted by molar-refractivity contribution is -0.0179. The highest BCUT2D eigenvalue weighted by atomic mass is 16.3. The zero-order chi connectivity index (χ0) is 12.5. The summed E-state index contributed by atoms with van der Waals surface area (Å²) < 4.78 is 0. The van der Waals surface area contributed by atoms with Gasteiger partial charge in [-0.25, -0.2) is 0 Å². The van der Waals surface area contributed by atoms with E-state index in [0.29, 0.717) is 11.5 Å². The van der Waals surface area contributed by atoms with Crippen LogP contribution in [-0.2, 0) is 0 Å². The molecule has 1 aliphatic carbocycles. The number of likely N-dealkylation sites (tertiary alicyclic amines) is 1. The summed E-state index contributed by atoms with van der Waals surface area (Å²) in [6.45, 7) is 8.33. The Morgan fingerprint density at radius 3 is 2.76 bits per heavy atom. The average molecular weight is 239 g/mol. The van der Waals surface area contributed by atoms with Crippen molar-refractivity contribution in [2.45, 2.75) is 83.9 Å². The molecule has 0 bridgehead atoms. The van der Waals surface area contributed by atoms with Crippen LogP contribution in [0.3, 0.4) is 0 Å². The normalized spacial score (nSPS) is 38.5. The minimum Gasteiger partial charge on any atom is -0.393 e. The fraction of sp³-hybridized carbons (Fsp3) is 1.00. The van der Waals surface area contributed by atoms with Crippen LogP contribution in [0.4, 0.5) is 0 Å². The first-order valence-electron chi connectivity index (χ1n) is 7.48. The van der Waals surface area contributed by atoms with Gasteiger partial charge in [-0.3, -0.25) is 4.90 Å². The minimum atomic E-state index is -0.0594. The van der Waals surface area contributed by atoms with Crippen LogP contribution >= 0.6 is 0 Å². The number of aliphatic hydroxyl groups excluding tert-OH is 1. The predicted octanol–water partition coefficient (Wildman–Crippen LogP) is 3.19. The van der Waals surface area contributed by atoms with Gasteiger partial charge in [-0.1, -0.05) is 27.2 Å². The summed E-state index contributed by atoms with van der Waals surface area (Å²) in [6.07, 6.45) is 8.46. The van der Waals surface area contributed by atoms with Gasteiger partial charge in [0.2, 0.25) is 0 Å². The molecule has 2 heteroatoms. The maximum atomic E-state index is 9.96. The number of nitrogens with zero attached hydrogens (tertiary/aromatic N) is 1. The van der Waals surface area contributed by atoms with Crippen LogP contribution < -0.4 is 0 Å². The summed E-state index contributed by atoms with van der Waals surface area (Å²) in [4.78, 5) is 2.73. The number of aliphatic hydroxyl groups is 1. The quantitative estimate of drug-likeness (QED) is 0.817. The van der Waals surface area contributed by atoms with Crippen LogP contribution in [0.2, 0.25) is 0 Å². The second kappa shape index (κ2) is 5.27. The Hall–Kier alpha value is -0.0800. The Bertz CT molecular complexity index is 251. The van der Waals surface area contributed by atoms with Gasteiger partial charge in [0.25, 0.3) is 0 Å². The molecule has 0 aromatic heterocycles. The third-order valence-electron chi connectivity index (χ3n) is 4.96. The van der Waals surface area contributed by atoms with Crippen molar-refractivity contribution in [3.63, 3.8) is 0 Å². The number of rotatable bonds is 3. The highest BCUT2D eigenvalue weighted by Crippen LogP contribution is 2.41. The molecule has 100 valence electrons. The first kappa shape index (κ1) is 13.4. The van der Waals surface area contributed by atoms with Crippen LogP contribution in [0.25, 0.3) is 0 Å². The topological polar surface area (TPSA) is 23.5 Å². The molecule has 0 aromatic carbocycles. The van der Waals surface area contributed by atoms with E-state index in [2.05, 4.69) is 25.7 Å². The second-order valence-electron chi connectivity index (χ2n) is 6.76. The average Bonchev–Trinajstić information content (AvgIpc) is 2.70. The third-order valence-corrected chi connectivity index (χ3v) is 4.96. The van der Waals surface area contributed by atoms with Crippen molar-refractivity contribution in [2.75, 3.05) is 6.54 Å². The molecule has 0 aromatic rings. The largest absolute Gasteiger partial charge is 0.393 e. The Balaban J connectivity index is 2.07. The first-order valence-corrected chi connectivity index (χ1v) is 7.48. The molecule has 3 atom stereocenters. The molecule has 3 unspecified atom stereocenters. The molecular weight excluding hydrogens is 210 g/mol. The summed E-state index contributed by atoms with van der Waals surface area (Å²) in [5.41, 5.74) is 0.384. The molecule has 1 saturated heterocycles. The van der Waals surface area contributed by atoms with E-state index in [-0.39, 0.29) is 6.10 Å². The van der Waals surface area contributed by atoms with Gasteiger partial charge in [0.05, 0.1) is 6.10 Å². The lowest BCUT2D eigenvalue weighted by atomic mass is 9.71. The van der Waals surface area contributed by atoms with E-state index in [1.165, 1.54) is 38.6 Å². The third kappa shape index (κ3) is 2.85. The highest BCUT2D eigenvalue weighted by Gasteiger charge is 2.42. The second-order valence-corrected chi connectivity index (χ2v) is 6.76. The summed E-state index contributed by atoms with van der Waals surface area (Å²) in [7, 11) is 0. The van der Waals surface area contributed by atoms with Crippen LogP contribution in [0.5, 0.6) is 0 Å². The molecule has 2 aliphatic rings. The maximum absolute atomic E-state index is 9.96. The van der Waals surface area contributed by atoms with E-state index in [9.17, 15) is 5.11 Å². The zero-order valence-electron chi connectivity index (χ0n) is 11.8. The van der Waals surface area contributed by atoms with Gasteiger partial charge >= 0.3 is 0 Å². The lowest BCUT2D eigenvalue weighted by Gasteiger charge is -2.47. The molecule has 1 saturated carbocycles. The zero-order valence-corrected chi connectivity index (χ0v) is 11.8. The van der Waals surface area contributed by atoms with Gasteiger partial charge in [-0.2, -0.15) is 0 Å². The Morgan fingerprint density at radius 1 is 1.29 bits per heavy atom. The van der Waals surface area contributed by atoms with Crippen molar-refractivity contribution in [1.82, 2.24) is 4.90 Å². The summed E-state index contributed by atoms with van der Waals surface area (Å²) in [6, 6.07) is 1.39. The smallest absolute Gasteiger partial charge is 0.0555 e. The van der Waals surface area contributed by atoms with E-state index in [1.54, 1.807) is 0 Å². The molecule has 2 fully saturated rings. The molecule has 1 N–H and O–H groups in total. The van der Waals surface area contributed by atoms with Gasteiger partial charge in [0.1, 0.15) is 0 Å². The van der Waals surface area contributed by atoms with Crippen LogP contribution in [0.1, 0.15) is 65.7 Å². The van der Waals surface area contributed by atoms with Gasteiger partial charge in [0.15, 0.2) is 0 Å². The van der Waals surface area contributed by atoms with Crippen molar-refractivity contribution in [2.24, 2.45) is 5.41 Å². The molecule has 2 nitrogen and oxygen atoms in total. The molecule has 0 spiro atoms.